The van der Waals surface area contributed by atoms with Gasteiger partial charge in [0.05, 0.1) is 6.61 Å². The van der Waals surface area contributed by atoms with Crippen LogP contribution in [0, 0.1) is 0 Å². The Morgan fingerprint density at radius 2 is 2.15 bits per heavy atom. The summed E-state index contributed by atoms with van der Waals surface area (Å²) < 4.78 is 9.38. The van der Waals surface area contributed by atoms with E-state index in [4.69, 9.17) is 14.9 Å². The Bertz CT molecular complexity index is 191. The van der Waals surface area contributed by atoms with Crippen LogP contribution in [0.4, 0.5) is 0 Å². The fourth-order valence-electron chi connectivity index (χ4n) is 1.26. The molecule has 0 aliphatic carbocycles. The quantitative estimate of drug-likeness (QED) is 0.423. The average molecular weight is 192 g/mol. The molecule has 6 heteroatoms. The fraction of sp³-hybridized carbons (Fsp3) is 0.857. The minimum atomic E-state index is -1.60. The summed E-state index contributed by atoms with van der Waals surface area (Å²) in [5.74, 6) is -0.945. The van der Waals surface area contributed by atoms with Crippen molar-refractivity contribution in [3.8, 4) is 0 Å². The maximum absolute atomic E-state index is 10.8. The Kier molecular flexibility index (Phi) is 3.21. The number of hydrogen-bond acceptors (Lipinski definition) is 6. The van der Waals surface area contributed by atoms with E-state index in [1.54, 1.807) is 0 Å². The van der Waals surface area contributed by atoms with Crippen molar-refractivity contribution in [2.45, 2.75) is 24.4 Å². The third-order valence-corrected chi connectivity index (χ3v) is 1.99. The second-order valence-electron chi connectivity index (χ2n) is 2.79. The topological polar surface area (TPSA) is 96.2 Å². The van der Waals surface area contributed by atoms with Crippen LogP contribution in [-0.4, -0.2) is 59.4 Å². The molecule has 0 bridgehead atoms. The molecule has 1 rings (SSSR count). The van der Waals surface area contributed by atoms with E-state index in [0.717, 1.165) is 0 Å². The van der Waals surface area contributed by atoms with Crippen molar-refractivity contribution in [3.05, 3.63) is 0 Å². The summed E-state index contributed by atoms with van der Waals surface area (Å²) in [6.45, 7) is -0.450. The van der Waals surface area contributed by atoms with Gasteiger partial charge in [-0.1, -0.05) is 0 Å². The second-order valence-corrected chi connectivity index (χ2v) is 2.79. The number of hydrogen-bond donors (Lipinski definition) is 3. The molecule has 4 atom stereocenters. The van der Waals surface area contributed by atoms with Crippen molar-refractivity contribution in [1.29, 1.82) is 0 Å². The minimum absolute atomic E-state index is 0.450. The molecular formula is C7H12O6. The zero-order chi connectivity index (χ0) is 10.0. The minimum Gasteiger partial charge on any atom is -0.455 e. The van der Waals surface area contributed by atoms with Crippen LogP contribution in [0.15, 0.2) is 0 Å². The molecule has 1 saturated heterocycles. The Hall–Kier alpha value is -0.690. The standard InChI is InChI=1S/C7H12O6/c1-12-6-3(2-8)13-7(11)5(10)4(6)9/h3-6,8-10H,2H2,1H3/t3?,4-,5?,6-/m1/s1. The first-order valence-corrected chi connectivity index (χ1v) is 3.82. The van der Waals surface area contributed by atoms with Gasteiger partial charge in [0.1, 0.15) is 12.2 Å². The van der Waals surface area contributed by atoms with Gasteiger partial charge in [-0.05, 0) is 0 Å². The van der Waals surface area contributed by atoms with Gasteiger partial charge in [-0.3, -0.25) is 0 Å². The van der Waals surface area contributed by atoms with Crippen molar-refractivity contribution in [1.82, 2.24) is 0 Å². The molecular weight excluding hydrogens is 180 g/mol. The summed E-state index contributed by atoms with van der Waals surface area (Å²) in [7, 11) is 1.29. The molecule has 1 aliphatic heterocycles. The molecule has 1 aliphatic rings. The number of ether oxygens (including phenoxy) is 2. The van der Waals surface area contributed by atoms with Crippen LogP contribution in [0.25, 0.3) is 0 Å². The SMILES string of the molecule is CO[C@@H]1C(CO)OC(=O)C(O)[C@H]1O. The van der Waals surface area contributed by atoms with E-state index in [2.05, 4.69) is 4.74 Å². The van der Waals surface area contributed by atoms with Crippen molar-refractivity contribution in [2.75, 3.05) is 13.7 Å². The molecule has 0 aromatic heterocycles. The summed E-state index contributed by atoms with van der Waals surface area (Å²) in [4.78, 5) is 10.8. The molecule has 0 aromatic rings. The van der Waals surface area contributed by atoms with Crippen LogP contribution in [0.5, 0.6) is 0 Å². The Labute approximate surface area is 74.7 Å². The lowest BCUT2D eigenvalue weighted by Gasteiger charge is -2.35. The van der Waals surface area contributed by atoms with E-state index in [1.807, 2.05) is 0 Å². The number of esters is 1. The maximum Gasteiger partial charge on any atom is 0.338 e. The lowest BCUT2D eigenvalue weighted by Crippen LogP contribution is -2.57. The molecule has 76 valence electrons. The van der Waals surface area contributed by atoms with Gasteiger partial charge in [-0.2, -0.15) is 0 Å². The van der Waals surface area contributed by atoms with Crippen LogP contribution < -0.4 is 0 Å². The lowest BCUT2D eigenvalue weighted by atomic mass is 10.00. The van der Waals surface area contributed by atoms with E-state index in [0.29, 0.717) is 0 Å². The average Bonchev–Trinajstić information content (AvgIpc) is 2.13. The number of aliphatic hydroxyl groups excluding tert-OH is 3. The highest BCUT2D eigenvalue weighted by Crippen LogP contribution is 2.18. The van der Waals surface area contributed by atoms with Crippen LogP contribution in [0.1, 0.15) is 0 Å². The first-order chi connectivity index (χ1) is 6.11. The Balaban J connectivity index is 2.74. The molecule has 0 saturated carbocycles. The van der Waals surface area contributed by atoms with Gasteiger partial charge in [0.25, 0.3) is 0 Å². The molecule has 0 aromatic carbocycles. The van der Waals surface area contributed by atoms with Crippen molar-refractivity contribution < 1.29 is 29.6 Å². The number of cyclic esters (lactones) is 1. The van der Waals surface area contributed by atoms with E-state index < -0.39 is 37.0 Å². The number of methoxy groups -OCH3 is 1. The predicted octanol–water partition coefficient (Wildman–Crippen LogP) is -2.36. The lowest BCUT2D eigenvalue weighted by molar-refractivity contribution is -0.211. The molecule has 6 nitrogen and oxygen atoms in total. The number of carbonyl (C=O) groups is 1. The van der Waals surface area contributed by atoms with E-state index in [1.165, 1.54) is 7.11 Å². The van der Waals surface area contributed by atoms with Gasteiger partial charge in [0, 0.05) is 7.11 Å². The summed E-state index contributed by atoms with van der Waals surface area (Å²) in [5, 5.41) is 27.2. The zero-order valence-corrected chi connectivity index (χ0v) is 7.08. The van der Waals surface area contributed by atoms with Gasteiger partial charge in [-0.25, -0.2) is 4.79 Å². The molecule has 0 spiro atoms. The summed E-state index contributed by atoms with van der Waals surface area (Å²) in [5.41, 5.74) is 0. The summed E-state index contributed by atoms with van der Waals surface area (Å²) in [6.07, 6.45) is -4.77. The molecule has 0 amide bonds. The second kappa shape index (κ2) is 4.01. The highest BCUT2D eigenvalue weighted by Gasteiger charge is 2.44. The van der Waals surface area contributed by atoms with Crippen LogP contribution >= 0.6 is 0 Å². The first-order valence-electron chi connectivity index (χ1n) is 3.82. The van der Waals surface area contributed by atoms with Crippen molar-refractivity contribution in [3.63, 3.8) is 0 Å². The normalized spacial score (nSPS) is 40.2. The third-order valence-electron chi connectivity index (χ3n) is 1.99. The maximum atomic E-state index is 10.8. The molecule has 3 N–H and O–H groups in total. The molecule has 1 heterocycles. The van der Waals surface area contributed by atoms with Crippen molar-refractivity contribution >= 4 is 5.97 Å². The fourth-order valence-corrected chi connectivity index (χ4v) is 1.26. The van der Waals surface area contributed by atoms with Gasteiger partial charge in [0.2, 0.25) is 0 Å². The molecule has 2 unspecified atom stereocenters. The van der Waals surface area contributed by atoms with Gasteiger partial charge >= 0.3 is 5.97 Å². The zero-order valence-electron chi connectivity index (χ0n) is 7.08. The number of rotatable bonds is 2. The van der Waals surface area contributed by atoms with E-state index >= 15 is 0 Å². The largest absolute Gasteiger partial charge is 0.455 e. The van der Waals surface area contributed by atoms with Crippen LogP contribution in [0.3, 0.4) is 0 Å². The Morgan fingerprint density at radius 1 is 1.54 bits per heavy atom. The van der Waals surface area contributed by atoms with E-state index in [9.17, 15) is 9.90 Å². The first kappa shape index (κ1) is 10.4. The van der Waals surface area contributed by atoms with E-state index in [-0.39, 0.29) is 0 Å². The highest BCUT2D eigenvalue weighted by molar-refractivity contribution is 5.76. The molecule has 0 radical (unpaired) electrons. The summed E-state index contributed by atoms with van der Waals surface area (Å²) >= 11 is 0. The van der Waals surface area contributed by atoms with Gasteiger partial charge < -0.3 is 24.8 Å². The highest BCUT2D eigenvalue weighted by atomic mass is 16.6. The third kappa shape index (κ3) is 1.80. The number of carbonyl (C=O) groups excluding carboxylic acids is 1. The number of aliphatic hydroxyl groups is 3. The van der Waals surface area contributed by atoms with Crippen molar-refractivity contribution in [2.24, 2.45) is 0 Å². The summed E-state index contributed by atoms with van der Waals surface area (Å²) in [6, 6.07) is 0. The van der Waals surface area contributed by atoms with Gasteiger partial charge in [0.15, 0.2) is 12.2 Å². The Morgan fingerprint density at radius 3 is 2.62 bits per heavy atom. The molecule has 1 fully saturated rings. The predicted molar refractivity (Wildman–Crippen MR) is 39.8 cm³/mol. The monoisotopic (exact) mass is 192 g/mol. The molecule has 13 heavy (non-hydrogen) atoms. The van der Waals surface area contributed by atoms with Crippen LogP contribution in [-0.2, 0) is 14.3 Å². The van der Waals surface area contributed by atoms with Crippen LogP contribution in [0.2, 0.25) is 0 Å². The van der Waals surface area contributed by atoms with Gasteiger partial charge in [-0.15, -0.1) is 0 Å². The smallest absolute Gasteiger partial charge is 0.338 e.